The van der Waals surface area contributed by atoms with Crippen molar-refractivity contribution in [1.82, 2.24) is 4.72 Å². The van der Waals surface area contributed by atoms with Gasteiger partial charge >= 0.3 is 6.18 Å². The molecule has 1 atom stereocenters. The maximum atomic E-state index is 12.7. The second kappa shape index (κ2) is 8.65. The lowest BCUT2D eigenvalue weighted by atomic mass is 10.1. The average molecular weight is 352 g/mol. The highest BCUT2D eigenvalue weighted by molar-refractivity contribution is 7.83. The van der Waals surface area contributed by atoms with Crippen molar-refractivity contribution in [3.8, 4) is 0 Å². The fourth-order valence-corrected chi connectivity index (χ4v) is 2.73. The number of alkyl halides is 5. The van der Waals surface area contributed by atoms with Crippen molar-refractivity contribution in [3.63, 3.8) is 0 Å². The van der Waals surface area contributed by atoms with Gasteiger partial charge < -0.3 is 0 Å². The van der Waals surface area contributed by atoms with Gasteiger partial charge in [-0.1, -0.05) is 31.5 Å². The molecule has 0 amide bonds. The minimum absolute atomic E-state index is 0.177. The van der Waals surface area contributed by atoms with E-state index in [1.54, 1.807) is 4.72 Å². The van der Waals surface area contributed by atoms with Crippen LogP contribution in [0.25, 0.3) is 0 Å². The highest BCUT2D eigenvalue weighted by Crippen LogP contribution is 2.34. The summed E-state index contributed by atoms with van der Waals surface area (Å²) in [6.45, 7) is 3.87. The summed E-state index contributed by atoms with van der Waals surface area (Å²) < 4.78 is 74.6. The summed E-state index contributed by atoms with van der Waals surface area (Å²) in [5.41, 5.74) is -0.349. The van der Waals surface area contributed by atoms with E-state index in [9.17, 15) is 26.2 Å². The van der Waals surface area contributed by atoms with Gasteiger partial charge in [0.2, 0.25) is 0 Å². The third-order valence-corrected chi connectivity index (χ3v) is 3.85. The molecule has 2 nitrogen and oxygen atoms in total. The number of aryl methyl sites for hydroxylation is 1. The minimum atomic E-state index is -4.56. The largest absolute Gasteiger partial charge is 0.402 e. The molecule has 0 aliphatic carbocycles. The molecule has 1 aromatic carbocycles. The van der Waals surface area contributed by atoms with E-state index in [1.807, 2.05) is 13.8 Å². The first-order valence-corrected chi connectivity index (χ1v) is 7.45. The minimum Gasteiger partial charge on any atom is -0.237 e. The first-order valence-electron chi connectivity index (χ1n) is 5.92. The summed E-state index contributed by atoms with van der Waals surface area (Å²) in [5.74, 6) is 0. The molecule has 1 rings (SSSR count). The molecule has 1 unspecified atom stereocenters. The number of benzene rings is 1. The lowest BCUT2D eigenvalue weighted by Crippen LogP contribution is -2.30. The molecule has 0 aliphatic heterocycles. The van der Waals surface area contributed by atoms with Gasteiger partial charge in [-0.15, -0.1) is 0 Å². The Labute approximate surface area is 127 Å². The standard InChI is InChI=1S/C10H9ClF5NOS.C2H6/c1-5-2-3-6(8(11)7(5)9(12)13)19(18)17-4-10(14,15)16;1-2/h2-3,9,17H,4H2,1H3;1-2H3. The van der Waals surface area contributed by atoms with Gasteiger partial charge in [-0.2, -0.15) is 13.2 Å². The molecule has 9 heteroatoms. The van der Waals surface area contributed by atoms with E-state index < -0.39 is 40.7 Å². The van der Waals surface area contributed by atoms with Crippen LogP contribution in [-0.4, -0.2) is 16.9 Å². The molecular weight excluding hydrogens is 337 g/mol. The van der Waals surface area contributed by atoms with Crippen molar-refractivity contribution in [1.29, 1.82) is 0 Å². The lowest BCUT2D eigenvalue weighted by molar-refractivity contribution is -0.121. The molecule has 1 aromatic rings. The fraction of sp³-hybridized carbons (Fsp3) is 0.500. The highest BCUT2D eigenvalue weighted by Gasteiger charge is 2.28. The zero-order valence-electron chi connectivity index (χ0n) is 11.5. The Bertz CT molecular complexity index is 493. The summed E-state index contributed by atoms with van der Waals surface area (Å²) in [7, 11) is -2.31. The predicted molar refractivity (Wildman–Crippen MR) is 73.0 cm³/mol. The summed E-state index contributed by atoms with van der Waals surface area (Å²) >= 11 is 5.66. The Morgan fingerprint density at radius 1 is 1.29 bits per heavy atom. The smallest absolute Gasteiger partial charge is 0.237 e. The van der Waals surface area contributed by atoms with Gasteiger partial charge in [0.05, 0.1) is 9.92 Å². The van der Waals surface area contributed by atoms with E-state index in [0.717, 1.165) is 6.07 Å². The molecule has 0 saturated carbocycles. The molecular formula is C12H15ClF5NOS. The van der Waals surface area contributed by atoms with Crippen LogP contribution in [0.4, 0.5) is 22.0 Å². The maximum absolute atomic E-state index is 12.7. The number of halogens is 6. The molecule has 0 bridgehead atoms. The van der Waals surface area contributed by atoms with E-state index in [2.05, 4.69) is 0 Å². The Balaban J connectivity index is 0.00000191. The normalized spacial score (nSPS) is 12.9. The van der Waals surface area contributed by atoms with Crippen LogP contribution in [0.15, 0.2) is 17.0 Å². The average Bonchev–Trinajstić information content (AvgIpc) is 2.37. The molecule has 0 aromatic heterocycles. The Morgan fingerprint density at radius 2 is 1.81 bits per heavy atom. The number of hydrogen-bond donors (Lipinski definition) is 1. The molecule has 21 heavy (non-hydrogen) atoms. The zero-order valence-corrected chi connectivity index (χ0v) is 13.1. The van der Waals surface area contributed by atoms with E-state index in [4.69, 9.17) is 11.6 Å². The molecule has 0 saturated heterocycles. The number of nitrogens with one attached hydrogen (secondary N) is 1. The molecule has 0 aliphatic rings. The van der Waals surface area contributed by atoms with Crippen molar-refractivity contribution >= 4 is 22.6 Å². The third kappa shape index (κ3) is 6.27. The van der Waals surface area contributed by atoms with E-state index in [0.29, 0.717) is 0 Å². The van der Waals surface area contributed by atoms with Gasteiger partial charge in [-0.05, 0) is 18.6 Å². The molecule has 0 fully saturated rings. The molecule has 122 valence electrons. The van der Waals surface area contributed by atoms with E-state index in [1.165, 1.54) is 13.0 Å². The van der Waals surface area contributed by atoms with Crippen molar-refractivity contribution in [2.75, 3.05) is 6.54 Å². The Hall–Kier alpha value is -0.730. The van der Waals surface area contributed by atoms with Crippen molar-refractivity contribution in [2.45, 2.75) is 38.3 Å². The van der Waals surface area contributed by atoms with Crippen LogP contribution >= 0.6 is 11.6 Å². The van der Waals surface area contributed by atoms with Gasteiger partial charge in [-0.25, -0.2) is 17.7 Å². The topological polar surface area (TPSA) is 29.1 Å². The molecule has 0 heterocycles. The molecule has 0 radical (unpaired) electrons. The van der Waals surface area contributed by atoms with Gasteiger partial charge in [0.25, 0.3) is 6.43 Å². The lowest BCUT2D eigenvalue weighted by Gasteiger charge is -2.13. The SMILES string of the molecule is CC.Cc1ccc(S(=O)NCC(F)(F)F)c(Cl)c1C(F)F. The third-order valence-electron chi connectivity index (χ3n) is 2.18. The van der Waals surface area contributed by atoms with Gasteiger partial charge in [-0.3, -0.25) is 0 Å². The molecule has 1 N–H and O–H groups in total. The van der Waals surface area contributed by atoms with Gasteiger partial charge in [0, 0.05) is 5.56 Å². The van der Waals surface area contributed by atoms with Crippen LogP contribution in [0.2, 0.25) is 5.02 Å². The van der Waals surface area contributed by atoms with Crippen molar-refractivity contribution in [3.05, 3.63) is 28.3 Å². The first-order chi connectivity index (χ1) is 9.63. The summed E-state index contributed by atoms with van der Waals surface area (Å²) in [5, 5.41) is -0.483. The first kappa shape index (κ1) is 20.3. The second-order valence-corrected chi connectivity index (χ2v) is 5.26. The summed E-state index contributed by atoms with van der Waals surface area (Å²) in [6.07, 6.45) is -7.45. The second-order valence-electron chi connectivity index (χ2n) is 3.61. The van der Waals surface area contributed by atoms with Crippen LogP contribution in [0.3, 0.4) is 0 Å². The van der Waals surface area contributed by atoms with Crippen LogP contribution in [0.1, 0.15) is 31.4 Å². The van der Waals surface area contributed by atoms with Gasteiger partial charge in [0.15, 0.2) is 0 Å². The van der Waals surface area contributed by atoms with Gasteiger partial charge in [0.1, 0.15) is 17.5 Å². The number of hydrogen-bond acceptors (Lipinski definition) is 1. The van der Waals surface area contributed by atoms with Crippen LogP contribution in [0, 0.1) is 6.92 Å². The Kier molecular flexibility index (Phi) is 8.35. The maximum Gasteiger partial charge on any atom is 0.402 e. The van der Waals surface area contributed by atoms with Crippen molar-refractivity contribution < 1.29 is 26.2 Å². The van der Waals surface area contributed by atoms with Crippen LogP contribution < -0.4 is 4.72 Å². The zero-order chi connectivity index (χ0) is 16.8. The van der Waals surface area contributed by atoms with Crippen LogP contribution in [-0.2, 0) is 11.0 Å². The predicted octanol–water partition coefficient (Wildman–Crippen LogP) is 4.79. The summed E-state index contributed by atoms with van der Waals surface area (Å²) in [4.78, 5) is -0.299. The van der Waals surface area contributed by atoms with E-state index >= 15 is 0 Å². The van der Waals surface area contributed by atoms with Crippen molar-refractivity contribution in [2.24, 2.45) is 0 Å². The van der Waals surface area contributed by atoms with E-state index in [-0.39, 0.29) is 10.5 Å². The molecule has 0 spiro atoms. The summed E-state index contributed by atoms with van der Waals surface area (Å²) in [6, 6.07) is 2.39. The number of rotatable bonds is 4. The monoisotopic (exact) mass is 351 g/mol. The quantitative estimate of drug-likeness (QED) is 0.777. The highest BCUT2D eigenvalue weighted by atomic mass is 35.5. The van der Waals surface area contributed by atoms with Crippen LogP contribution in [0.5, 0.6) is 0 Å². The Morgan fingerprint density at radius 3 is 2.24 bits per heavy atom. The fourth-order valence-electron chi connectivity index (χ4n) is 1.31.